The van der Waals surface area contributed by atoms with Crippen molar-refractivity contribution in [2.75, 3.05) is 5.32 Å². The van der Waals surface area contributed by atoms with Gasteiger partial charge in [0.1, 0.15) is 11.6 Å². The fraction of sp³-hybridized carbons (Fsp3) is 0.667. The predicted octanol–water partition coefficient (Wildman–Crippen LogP) is 3.85. The Kier molecular flexibility index (Phi) is 2.45. The van der Waals surface area contributed by atoms with Gasteiger partial charge in [-0.05, 0) is 48.1 Å². The lowest BCUT2D eigenvalue weighted by Gasteiger charge is -2.43. The molecule has 2 aliphatic carbocycles. The third-order valence-electron chi connectivity index (χ3n) is 5.29. The van der Waals surface area contributed by atoms with Crippen molar-refractivity contribution in [3.8, 4) is 0 Å². The normalized spacial score (nSPS) is 36.9. The molecule has 1 N–H and O–H groups in total. The summed E-state index contributed by atoms with van der Waals surface area (Å²) < 4.78 is 12.9. The summed E-state index contributed by atoms with van der Waals surface area (Å²) in [6.45, 7) is 7.08. The van der Waals surface area contributed by atoms with Crippen LogP contribution in [0.2, 0.25) is 0 Å². The summed E-state index contributed by atoms with van der Waals surface area (Å²) >= 11 is 0. The number of anilines is 1. The first-order chi connectivity index (χ1) is 8.42. The lowest BCUT2D eigenvalue weighted by Crippen LogP contribution is -2.45. The van der Waals surface area contributed by atoms with E-state index in [2.05, 4.69) is 31.1 Å². The molecule has 18 heavy (non-hydrogen) atoms. The third kappa shape index (κ3) is 1.63. The van der Waals surface area contributed by atoms with Gasteiger partial charge in [0.05, 0.1) is 6.20 Å². The summed E-state index contributed by atoms with van der Waals surface area (Å²) in [7, 11) is 0. The van der Waals surface area contributed by atoms with Gasteiger partial charge in [-0.2, -0.15) is 0 Å². The summed E-state index contributed by atoms with van der Waals surface area (Å²) in [5.74, 6) is 1.32. The van der Waals surface area contributed by atoms with Crippen molar-refractivity contribution in [2.24, 2.45) is 16.7 Å². The zero-order valence-electron chi connectivity index (χ0n) is 11.3. The van der Waals surface area contributed by atoms with Crippen LogP contribution in [0.1, 0.15) is 40.0 Å². The molecule has 2 aliphatic rings. The number of nitrogens with zero attached hydrogens (tertiary/aromatic N) is 1. The zero-order valence-corrected chi connectivity index (χ0v) is 11.3. The molecule has 0 saturated heterocycles. The van der Waals surface area contributed by atoms with Crippen LogP contribution in [-0.4, -0.2) is 11.0 Å². The van der Waals surface area contributed by atoms with Gasteiger partial charge in [-0.1, -0.05) is 20.8 Å². The molecule has 2 nitrogen and oxygen atoms in total. The van der Waals surface area contributed by atoms with Crippen LogP contribution in [0.15, 0.2) is 18.3 Å². The monoisotopic (exact) mass is 248 g/mol. The van der Waals surface area contributed by atoms with Crippen LogP contribution in [0.5, 0.6) is 0 Å². The topological polar surface area (TPSA) is 24.9 Å². The summed E-state index contributed by atoms with van der Waals surface area (Å²) in [6, 6.07) is 3.64. The fourth-order valence-electron chi connectivity index (χ4n) is 4.27. The molecule has 2 fully saturated rings. The highest BCUT2D eigenvalue weighted by Gasteiger charge is 2.59. The number of fused-ring (bicyclic) bond motifs is 2. The van der Waals surface area contributed by atoms with E-state index >= 15 is 0 Å². The van der Waals surface area contributed by atoms with Crippen LogP contribution in [0, 0.1) is 22.6 Å². The van der Waals surface area contributed by atoms with Crippen LogP contribution >= 0.6 is 0 Å². The maximum Gasteiger partial charge on any atom is 0.141 e. The second kappa shape index (κ2) is 3.69. The minimum atomic E-state index is -0.279. The van der Waals surface area contributed by atoms with Gasteiger partial charge in [-0.25, -0.2) is 9.37 Å². The summed E-state index contributed by atoms with van der Waals surface area (Å²) in [5.41, 5.74) is 0.660. The smallest absolute Gasteiger partial charge is 0.141 e. The van der Waals surface area contributed by atoms with Gasteiger partial charge in [0.15, 0.2) is 0 Å². The van der Waals surface area contributed by atoms with Crippen molar-refractivity contribution >= 4 is 5.82 Å². The second-order valence-corrected chi connectivity index (χ2v) is 6.85. The van der Waals surface area contributed by atoms with Crippen LogP contribution in [0.3, 0.4) is 0 Å². The van der Waals surface area contributed by atoms with Gasteiger partial charge in [-0.15, -0.1) is 0 Å². The van der Waals surface area contributed by atoms with E-state index in [0.29, 0.717) is 16.9 Å². The Hall–Kier alpha value is -1.12. The molecule has 0 radical (unpaired) electrons. The number of aromatic nitrogens is 1. The Morgan fingerprint density at radius 2 is 2.11 bits per heavy atom. The Morgan fingerprint density at radius 3 is 2.67 bits per heavy atom. The number of nitrogens with one attached hydrogen (secondary N) is 1. The van der Waals surface area contributed by atoms with Gasteiger partial charge < -0.3 is 5.32 Å². The highest BCUT2D eigenvalue weighted by molar-refractivity contribution is 5.38. The van der Waals surface area contributed by atoms with Crippen molar-refractivity contribution in [1.29, 1.82) is 0 Å². The molecule has 2 saturated carbocycles. The average Bonchev–Trinajstić information content (AvgIpc) is 2.78. The Bertz CT molecular complexity index is 449. The number of pyridine rings is 1. The number of rotatable bonds is 2. The number of hydrogen-bond acceptors (Lipinski definition) is 2. The third-order valence-corrected chi connectivity index (χ3v) is 5.29. The maximum atomic E-state index is 12.9. The molecule has 0 aliphatic heterocycles. The lowest BCUT2D eigenvalue weighted by atomic mass is 9.68. The summed E-state index contributed by atoms with van der Waals surface area (Å²) in [6.07, 6.45) is 5.22. The molecule has 1 aromatic heterocycles. The second-order valence-electron chi connectivity index (χ2n) is 6.85. The number of hydrogen-bond donors (Lipinski definition) is 1. The standard InChI is InChI=1S/C15H21FN2/c1-14(2)10-6-7-15(3,8-10)13(14)18-12-5-4-11(16)9-17-12/h4-5,9-10,13H,6-8H2,1-3H3,(H,17,18). The number of halogens is 1. The first-order valence-electron chi connectivity index (χ1n) is 6.80. The van der Waals surface area contributed by atoms with Crippen LogP contribution in [0.4, 0.5) is 10.2 Å². The molecular weight excluding hydrogens is 227 g/mol. The molecule has 2 bridgehead atoms. The molecule has 0 aromatic carbocycles. The highest BCUT2D eigenvalue weighted by atomic mass is 19.1. The zero-order chi connectivity index (χ0) is 13.0. The maximum absolute atomic E-state index is 12.9. The molecule has 0 amide bonds. The van der Waals surface area contributed by atoms with Crippen molar-refractivity contribution in [3.63, 3.8) is 0 Å². The van der Waals surface area contributed by atoms with E-state index in [0.717, 1.165) is 11.7 Å². The van der Waals surface area contributed by atoms with Crippen molar-refractivity contribution < 1.29 is 4.39 Å². The highest BCUT2D eigenvalue weighted by Crippen LogP contribution is 2.62. The molecule has 3 unspecified atom stereocenters. The Morgan fingerprint density at radius 1 is 1.33 bits per heavy atom. The van der Waals surface area contributed by atoms with Gasteiger partial charge in [0.25, 0.3) is 0 Å². The van der Waals surface area contributed by atoms with E-state index < -0.39 is 0 Å². The Balaban J connectivity index is 1.86. The van der Waals surface area contributed by atoms with Crippen LogP contribution in [-0.2, 0) is 0 Å². The van der Waals surface area contributed by atoms with Gasteiger partial charge in [0.2, 0.25) is 0 Å². The fourth-order valence-corrected chi connectivity index (χ4v) is 4.27. The molecular formula is C15H21FN2. The minimum absolute atomic E-state index is 0.279. The van der Waals surface area contributed by atoms with Crippen molar-refractivity contribution in [3.05, 3.63) is 24.1 Å². The van der Waals surface area contributed by atoms with E-state index in [9.17, 15) is 4.39 Å². The molecule has 3 rings (SSSR count). The van der Waals surface area contributed by atoms with Crippen molar-refractivity contribution in [1.82, 2.24) is 4.98 Å². The summed E-state index contributed by atoms with van der Waals surface area (Å²) in [5, 5.41) is 3.55. The Labute approximate surface area is 108 Å². The molecule has 98 valence electrons. The minimum Gasteiger partial charge on any atom is -0.366 e. The van der Waals surface area contributed by atoms with Gasteiger partial charge in [-0.3, -0.25) is 0 Å². The SMILES string of the molecule is CC12CCC(C1)C(C)(C)C2Nc1ccc(F)cn1. The van der Waals surface area contributed by atoms with Crippen LogP contribution < -0.4 is 5.32 Å². The molecule has 3 atom stereocenters. The molecule has 3 heteroatoms. The molecule has 1 heterocycles. The van der Waals surface area contributed by atoms with Gasteiger partial charge in [0, 0.05) is 6.04 Å². The molecule has 0 spiro atoms. The van der Waals surface area contributed by atoms with E-state index in [1.54, 1.807) is 6.07 Å². The quantitative estimate of drug-likeness (QED) is 0.860. The van der Waals surface area contributed by atoms with E-state index in [-0.39, 0.29) is 5.82 Å². The largest absolute Gasteiger partial charge is 0.366 e. The van der Waals surface area contributed by atoms with E-state index in [1.807, 2.05) is 0 Å². The van der Waals surface area contributed by atoms with Gasteiger partial charge >= 0.3 is 0 Å². The van der Waals surface area contributed by atoms with E-state index in [4.69, 9.17) is 0 Å². The lowest BCUT2D eigenvalue weighted by molar-refractivity contribution is 0.155. The van der Waals surface area contributed by atoms with E-state index in [1.165, 1.54) is 31.5 Å². The first kappa shape index (κ1) is 11.9. The molecule has 1 aromatic rings. The average molecular weight is 248 g/mol. The summed E-state index contributed by atoms with van der Waals surface area (Å²) in [4.78, 5) is 4.14. The predicted molar refractivity (Wildman–Crippen MR) is 70.8 cm³/mol. The van der Waals surface area contributed by atoms with Crippen molar-refractivity contribution in [2.45, 2.75) is 46.1 Å². The van der Waals surface area contributed by atoms with Crippen LogP contribution in [0.25, 0.3) is 0 Å². The first-order valence-corrected chi connectivity index (χ1v) is 6.80.